The van der Waals surface area contributed by atoms with Crippen molar-refractivity contribution in [3.05, 3.63) is 87.9 Å². The summed E-state index contributed by atoms with van der Waals surface area (Å²) >= 11 is 9.41. The van der Waals surface area contributed by atoms with Crippen LogP contribution in [0.2, 0.25) is 5.02 Å². The summed E-state index contributed by atoms with van der Waals surface area (Å²) in [7, 11) is -2.44. The topological polar surface area (TPSA) is 84.5 Å². The number of amides is 1. The minimum Gasteiger partial charge on any atom is -0.495 e. The largest absolute Gasteiger partial charge is 0.495 e. The van der Waals surface area contributed by atoms with E-state index in [1.165, 1.54) is 19.2 Å². The van der Waals surface area contributed by atoms with Crippen molar-refractivity contribution in [2.45, 2.75) is 17.4 Å². The maximum absolute atomic E-state index is 13.0. The quantitative estimate of drug-likeness (QED) is 0.451. The highest BCUT2D eigenvalue weighted by molar-refractivity contribution is 9.10. The lowest BCUT2D eigenvalue weighted by molar-refractivity contribution is -0.117. The molecule has 2 N–H and O–H groups in total. The lowest BCUT2D eigenvalue weighted by atomic mass is 10.1. The summed E-state index contributed by atoms with van der Waals surface area (Å²) in [5, 5.41) is 3.05. The fourth-order valence-electron chi connectivity index (χ4n) is 2.88. The average molecular weight is 524 g/mol. The molecule has 0 heterocycles. The second kappa shape index (κ2) is 10.3. The fourth-order valence-corrected chi connectivity index (χ4v) is 4.60. The summed E-state index contributed by atoms with van der Waals surface area (Å²) in [6.45, 7) is 0. The highest BCUT2D eigenvalue weighted by atomic mass is 79.9. The number of carbonyl (C=O) groups is 1. The second-order valence-electron chi connectivity index (χ2n) is 6.66. The monoisotopic (exact) mass is 522 g/mol. The van der Waals surface area contributed by atoms with E-state index < -0.39 is 22.0 Å². The third kappa shape index (κ3) is 6.30. The Bertz CT molecular complexity index is 1160. The first kappa shape index (κ1) is 23.3. The summed E-state index contributed by atoms with van der Waals surface area (Å²) in [5.41, 5.74) is 1.24. The molecule has 0 aliphatic rings. The number of hydrogen-bond donors (Lipinski definition) is 2. The molecular weight excluding hydrogens is 504 g/mol. The van der Waals surface area contributed by atoms with Gasteiger partial charge in [0.15, 0.2) is 0 Å². The Morgan fingerprint density at radius 1 is 1.06 bits per heavy atom. The van der Waals surface area contributed by atoms with Gasteiger partial charge < -0.3 is 10.1 Å². The van der Waals surface area contributed by atoms with Gasteiger partial charge in [-0.05, 0) is 54.4 Å². The van der Waals surface area contributed by atoms with Gasteiger partial charge >= 0.3 is 0 Å². The van der Waals surface area contributed by atoms with Crippen LogP contribution in [0.4, 0.5) is 5.69 Å². The Morgan fingerprint density at radius 3 is 2.35 bits per heavy atom. The molecule has 6 nitrogen and oxygen atoms in total. The minimum absolute atomic E-state index is 0.0639. The van der Waals surface area contributed by atoms with Crippen molar-refractivity contribution in [1.29, 1.82) is 0 Å². The highest BCUT2D eigenvalue weighted by Gasteiger charge is 2.26. The normalized spacial score (nSPS) is 12.2. The summed E-state index contributed by atoms with van der Waals surface area (Å²) in [4.78, 5) is 13.1. The Balaban J connectivity index is 1.85. The van der Waals surface area contributed by atoms with Crippen molar-refractivity contribution < 1.29 is 17.9 Å². The molecule has 0 fully saturated rings. The van der Waals surface area contributed by atoms with Gasteiger partial charge in [-0.15, -0.1) is 0 Å². The summed E-state index contributed by atoms with van der Waals surface area (Å²) in [6.07, 6.45) is 0.173. The lowest BCUT2D eigenvalue weighted by Gasteiger charge is -2.19. The zero-order chi connectivity index (χ0) is 22.4. The second-order valence-corrected chi connectivity index (χ2v) is 9.69. The van der Waals surface area contributed by atoms with Crippen LogP contribution >= 0.6 is 27.5 Å². The number of rotatable bonds is 8. The smallest absolute Gasteiger partial charge is 0.242 e. The molecule has 0 aliphatic heterocycles. The van der Waals surface area contributed by atoms with E-state index >= 15 is 0 Å². The number of nitrogens with one attached hydrogen (secondary N) is 2. The number of carbonyl (C=O) groups excluding carboxylic acids is 1. The summed E-state index contributed by atoms with van der Waals surface area (Å²) < 4.78 is 34.2. The van der Waals surface area contributed by atoms with Crippen molar-refractivity contribution in [2.75, 3.05) is 12.4 Å². The molecule has 9 heteroatoms. The van der Waals surface area contributed by atoms with E-state index in [-0.39, 0.29) is 11.3 Å². The molecule has 0 saturated carbocycles. The van der Waals surface area contributed by atoms with Crippen molar-refractivity contribution >= 4 is 49.1 Å². The standard InChI is InChI=1S/C22H20BrClN2O4S/c1-30-21-12-9-17(14-19(21)24)25-22(27)20(13-15-5-3-2-4-6-15)26-31(28,29)18-10-7-16(23)8-11-18/h2-12,14,20,26H,13H2,1H3,(H,25,27)/t20-/m1/s1. The van der Waals surface area contributed by atoms with Gasteiger partial charge in [0.05, 0.1) is 17.0 Å². The van der Waals surface area contributed by atoms with Gasteiger partial charge in [0.2, 0.25) is 15.9 Å². The Kier molecular flexibility index (Phi) is 7.72. The molecule has 0 unspecified atom stereocenters. The Hall–Kier alpha value is -2.39. The molecule has 1 atom stereocenters. The van der Waals surface area contributed by atoms with Gasteiger partial charge in [-0.3, -0.25) is 4.79 Å². The van der Waals surface area contributed by atoms with Crippen LogP contribution in [-0.2, 0) is 21.2 Å². The van der Waals surface area contributed by atoms with Crippen LogP contribution in [0.5, 0.6) is 5.75 Å². The van der Waals surface area contributed by atoms with E-state index in [0.29, 0.717) is 16.5 Å². The minimum atomic E-state index is -3.93. The number of hydrogen-bond acceptors (Lipinski definition) is 4. The molecule has 31 heavy (non-hydrogen) atoms. The van der Waals surface area contributed by atoms with Gasteiger partial charge in [0, 0.05) is 10.2 Å². The molecule has 0 bridgehead atoms. The Morgan fingerprint density at radius 2 is 1.74 bits per heavy atom. The van der Waals surface area contributed by atoms with E-state index in [4.69, 9.17) is 16.3 Å². The number of methoxy groups -OCH3 is 1. The van der Waals surface area contributed by atoms with E-state index in [9.17, 15) is 13.2 Å². The van der Waals surface area contributed by atoms with Crippen molar-refractivity contribution in [1.82, 2.24) is 4.72 Å². The first-order valence-electron chi connectivity index (χ1n) is 9.25. The molecule has 0 spiro atoms. The van der Waals surface area contributed by atoms with Crippen LogP contribution in [0.3, 0.4) is 0 Å². The first-order valence-corrected chi connectivity index (χ1v) is 11.9. The third-order valence-corrected chi connectivity index (χ3v) is 6.75. The molecular formula is C22H20BrClN2O4S. The fraction of sp³-hybridized carbons (Fsp3) is 0.136. The van der Waals surface area contributed by atoms with Gasteiger partial charge in [0.25, 0.3) is 0 Å². The van der Waals surface area contributed by atoms with Crippen molar-refractivity contribution in [3.63, 3.8) is 0 Å². The molecule has 162 valence electrons. The molecule has 1 amide bonds. The van der Waals surface area contributed by atoms with Crippen molar-refractivity contribution in [2.24, 2.45) is 0 Å². The van der Waals surface area contributed by atoms with Gasteiger partial charge in [-0.25, -0.2) is 8.42 Å². The van der Waals surface area contributed by atoms with E-state index in [0.717, 1.165) is 10.0 Å². The molecule has 3 aromatic rings. The van der Waals surface area contributed by atoms with E-state index in [1.54, 1.807) is 30.3 Å². The number of benzene rings is 3. The molecule has 0 aliphatic carbocycles. The van der Waals surface area contributed by atoms with Crippen molar-refractivity contribution in [3.8, 4) is 5.75 Å². The zero-order valence-corrected chi connectivity index (χ0v) is 19.7. The summed E-state index contributed by atoms with van der Waals surface area (Å²) in [5.74, 6) is -0.0396. The maximum Gasteiger partial charge on any atom is 0.242 e. The van der Waals surface area contributed by atoms with E-state index in [1.807, 2.05) is 30.3 Å². The summed E-state index contributed by atoms with van der Waals surface area (Å²) in [6, 6.07) is 19.1. The Labute approximate surface area is 194 Å². The van der Waals surface area contributed by atoms with Crippen LogP contribution in [0.15, 0.2) is 82.2 Å². The number of halogens is 2. The van der Waals surface area contributed by atoms with Crippen LogP contribution in [-0.4, -0.2) is 27.5 Å². The average Bonchev–Trinajstić information content (AvgIpc) is 2.74. The first-order chi connectivity index (χ1) is 14.8. The highest BCUT2D eigenvalue weighted by Crippen LogP contribution is 2.27. The SMILES string of the molecule is COc1ccc(NC(=O)[C@@H](Cc2ccccc2)NS(=O)(=O)c2ccc(Br)cc2)cc1Cl. The zero-order valence-electron chi connectivity index (χ0n) is 16.5. The van der Waals surface area contributed by atoms with Gasteiger partial charge in [-0.1, -0.05) is 57.9 Å². The number of sulfonamides is 1. The lowest BCUT2D eigenvalue weighted by Crippen LogP contribution is -2.45. The van der Waals surface area contributed by atoms with Crippen LogP contribution in [0.1, 0.15) is 5.56 Å². The number of anilines is 1. The molecule has 3 rings (SSSR count). The third-order valence-electron chi connectivity index (χ3n) is 4.44. The van der Waals surface area contributed by atoms with E-state index in [2.05, 4.69) is 26.0 Å². The predicted molar refractivity (Wildman–Crippen MR) is 125 cm³/mol. The number of ether oxygens (including phenoxy) is 1. The predicted octanol–water partition coefficient (Wildman–Crippen LogP) is 4.64. The van der Waals surface area contributed by atoms with Gasteiger partial charge in [-0.2, -0.15) is 4.72 Å². The molecule has 3 aromatic carbocycles. The van der Waals surface area contributed by atoms with Crippen LogP contribution < -0.4 is 14.8 Å². The molecule has 0 radical (unpaired) electrons. The maximum atomic E-state index is 13.0. The van der Waals surface area contributed by atoms with Crippen LogP contribution in [0.25, 0.3) is 0 Å². The molecule has 0 aromatic heterocycles. The molecule has 0 saturated heterocycles. The van der Waals surface area contributed by atoms with Gasteiger partial charge in [0.1, 0.15) is 11.8 Å². The van der Waals surface area contributed by atoms with Crippen LogP contribution in [0, 0.1) is 0 Å².